The largest absolute Gasteiger partial charge is 0.499 e. The van der Waals surface area contributed by atoms with E-state index < -0.39 is 55.9 Å². The van der Waals surface area contributed by atoms with Gasteiger partial charge < -0.3 is 5.11 Å². The molecule has 1 fully saturated rings. The molecule has 0 saturated heterocycles. The SMILES string of the molecule is CC1(O)CCC([N+](=O)[O-])([N+](=O)[O-])CC1([N+](=O)[O-])[N+](=O)[O-]. The standard InChI is InChI=1S/C7H10N4O9/c1-5(12)2-3-6(8(13)14,9(15)16)4-7(5,10(17)18)11(19)20/h12H,2-4H2,1H3. The number of rotatable bonds is 4. The van der Waals surface area contributed by atoms with E-state index in [1.807, 2.05) is 0 Å². The van der Waals surface area contributed by atoms with Crippen molar-refractivity contribution in [2.75, 3.05) is 0 Å². The van der Waals surface area contributed by atoms with E-state index in [0.717, 1.165) is 6.92 Å². The van der Waals surface area contributed by atoms with Crippen LogP contribution in [0.3, 0.4) is 0 Å². The van der Waals surface area contributed by atoms with Crippen molar-refractivity contribution < 1.29 is 24.8 Å². The van der Waals surface area contributed by atoms with Crippen LogP contribution in [0.15, 0.2) is 0 Å². The topological polar surface area (TPSA) is 193 Å². The summed E-state index contributed by atoms with van der Waals surface area (Å²) in [5.41, 5.74) is -9.02. The highest BCUT2D eigenvalue weighted by molar-refractivity contribution is 4.99. The van der Waals surface area contributed by atoms with Crippen LogP contribution in [0.5, 0.6) is 0 Å². The lowest BCUT2D eigenvalue weighted by atomic mass is 9.71. The van der Waals surface area contributed by atoms with E-state index in [9.17, 15) is 45.6 Å². The second-order valence-corrected chi connectivity index (χ2v) is 4.78. The van der Waals surface area contributed by atoms with Crippen LogP contribution in [0.4, 0.5) is 0 Å². The van der Waals surface area contributed by atoms with Crippen LogP contribution >= 0.6 is 0 Å². The van der Waals surface area contributed by atoms with Crippen LogP contribution < -0.4 is 0 Å². The van der Waals surface area contributed by atoms with Crippen molar-refractivity contribution in [1.29, 1.82) is 0 Å². The highest BCUT2D eigenvalue weighted by atomic mass is 16.7. The molecular formula is C7H10N4O9. The summed E-state index contributed by atoms with van der Waals surface area (Å²) in [7, 11) is 0. The van der Waals surface area contributed by atoms with Crippen molar-refractivity contribution in [3.8, 4) is 0 Å². The van der Waals surface area contributed by atoms with Crippen LogP contribution in [-0.2, 0) is 0 Å². The maximum absolute atomic E-state index is 11.0. The van der Waals surface area contributed by atoms with Crippen LogP contribution in [0.25, 0.3) is 0 Å². The zero-order valence-corrected chi connectivity index (χ0v) is 10.1. The van der Waals surface area contributed by atoms with Gasteiger partial charge in [-0.3, -0.25) is 40.5 Å². The van der Waals surface area contributed by atoms with Gasteiger partial charge in [-0.15, -0.1) is 0 Å². The van der Waals surface area contributed by atoms with Crippen molar-refractivity contribution in [2.45, 2.75) is 43.1 Å². The fraction of sp³-hybridized carbons (Fsp3) is 1.00. The molecule has 20 heavy (non-hydrogen) atoms. The van der Waals surface area contributed by atoms with Gasteiger partial charge in [-0.05, 0) is 6.92 Å². The number of hydrogen-bond acceptors (Lipinski definition) is 9. The van der Waals surface area contributed by atoms with Gasteiger partial charge in [-0.1, -0.05) is 0 Å². The van der Waals surface area contributed by atoms with Gasteiger partial charge in [0.2, 0.25) is 12.0 Å². The molecule has 0 spiro atoms. The van der Waals surface area contributed by atoms with Crippen LogP contribution in [0, 0.1) is 40.5 Å². The molecule has 0 aromatic heterocycles. The molecule has 1 aliphatic carbocycles. The van der Waals surface area contributed by atoms with Gasteiger partial charge in [0, 0.05) is 6.42 Å². The molecule has 13 nitrogen and oxygen atoms in total. The van der Waals surface area contributed by atoms with Crippen molar-refractivity contribution >= 4 is 0 Å². The Morgan fingerprint density at radius 3 is 1.55 bits per heavy atom. The van der Waals surface area contributed by atoms with E-state index in [1.165, 1.54) is 0 Å². The maximum atomic E-state index is 11.0. The lowest BCUT2D eigenvalue weighted by Crippen LogP contribution is -2.71. The smallest absolute Gasteiger partial charge is 0.376 e. The van der Waals surface area contributed by atoms with Gasteiger partial charge in [0.15, 0.2) is 0 Å². The predicted octanol–water partition coefficient (Wildman–Crippen LogP) is -0.579. The molecule has 1 aliphatic rings. The maximum Gasteiger partial charge on any atom is 0.499 e. The monoisotopic (exact) mass is 294 g/mol. The molecule has 0 radical (unpaired) electrons. The highest BCUT2D eigenvalue weighted by Gasteiger charge is 2.82. The van der Waals surface area contributed by atoms with Gasteiger partial charge in [-0.25, -0.2) is 0 Å². The Labute approximate surface area is 109 Å². The van der Waals surface area contributed by atoms with Crippen molar-refractivity contribution in [3.05, 3.63) is 40.5 Å². The molecular weight excluding hydrogens is 284 g/mol. The first-order valence-electron chi connectivity index (χ1n) is 5.24. The molecule has 13 heteroatoms. The fourth-order valence-corrected chi connectivity index (χ4v) is 2.28. The summed E-state index contributed by atoms with van der Waals surface area (Å²) in [5.74, 6) is 0. The molecule has 1 rings (SSSR count). The molecule has 0 amide bonds. The van der Waals surface area contributed by atoms with Crippen molar-refractivity contribution in [3.63, 3.8) is 0 Å². The minimum atomic E-state index is -3.41. The number of aliphatic hydroxyl groups is 1. The Hall–Kier alpha value is -2.44. The second kappa shape index (κ2) is 4.29. The first kappa shape index (κ1) is 15.6. The quantitative estimate of drug-likeness (QED) is 0.400. The number of hydrogen-bond donors (Lipinski definition) is 1. The summed E-state index contributed by atoms with van der Waals surface area (Å²) in [4.78, 5) is 38.1. The van der Waals surface area contributed by atoms with Gasteiger partial charge in [0.25, 0.3) is 0 Å². The summed E-state index contributed by atoms with van der Waals surface area (Å²) in [6.45, 7) is 0.766. The summed E-state index contributed by atoms with van der Waals surface area (Å²) in [5, 5.41) is 53.7. The van der Waals surface area contributed by atoms with Crippen molar-refractivity contribution in [2.24, 2.45) is 0 Å². The number of nitrogens with zero attached hydrogens (tertiary/aromatic N) is 4. The molecule has 1 saturated carbocycles. The average Bonchev–Trinajstić information content (AvgIpc) is 2.27. The van der Waals surface area contributed by atoms with E-state index in [0.29, 0.717) is 0 Å². The third-order valence-electron chi connectivity index (χ3n) is 3.69. The zero-order valence-electron chi connectivity index (χ0n) is 10.1. The van der Waals surface area contributed by atoms with Crippen LogP contribution in [0.2, 0.25) is 0 Å². The molecule has 112 valence electrons. The van der Waals surface area contributed by atoms with Gasteiger partial charge in [0.05, 0.1) is 16.3 Å². The van der Waals surface area contributed by atoms with Gasteiger partial charge >= 0.3 is 11.3 Å². The molecule has 0 bridgehead atoms. The van der Waals surface area contributed by atoms with E-state index in [4.69, 9.17) is 0 Å². The van der Waals surface area contributed by atoms with E-state index in [2.05, 4.69) is 0 Å². The summed E-state index contributed by atoms with van der Waals surface area (Å²) >= 11 is 0. The summed E-state index contributed by atoms with van der Waals surface area (Å²) in [6.07, 6.45) is -3.30. The minimum Gasteiger partial charge on any atom is -0.376 e. The zero-order chi connectivity index (χ0) is 15.9. The van der Waals surface area contributed by atoms with Gasteiger partial charge in [-0.2, -0.15) is 0 Å². The Balaban J connectivity index is 3.54. The van der Waals surface area contributed by atoms with E-state index in [-0.39, 0.29) is 0 Å². The van der Waals surface area contributed by atoms with E-state index >= 15 is 0 Å². The Bertz CT molecular complexity index is 473. The molecule has 0 aliphatic heterocycles. The normalized spacial score (nSPS) is 27.5. The first-order valence-corrected chi connectivity index (χ1v) is 5.24. The first-order chi connectivity index (χ1) is 8.94. The van der Waals surface area contributed by atoms with Gasteiger partial charge in [0.1, 0.15) is 9.85 Å². The van der Waals surface area contributed by atoms with Crippen molar-refractivity contribution in [1.82, 2.24) is 0 Å². The third kappa shape index (κ3) is 1.74. The number of nitro groups is 4. The second-order valence-electron chi connectivity index (χ2n) is 4.78. The van der Waals surface area contributed by atoms with E-state index in [1.54, 1.807) is 0 Å². The molecule has 0 heterocycles. The average molecular weight is 294 g/mol. The molecule has 1 N–H and O–H groups in total. The van der Waals surface area contributed by atoms with Crippen LogP contribution in [-0.4, -0.2) is 41.7 Å². The predicted molar refractivity (Wildman–Crippen MR) is 57.9 cm³/mol. The minimum absolute atomic E-state index is 0.766. The lowest BCUT2D eigenvalue weighted by molar-refractivity contribution is -0.866. The fourth-order valence-electron chi connectivity index (χ4n) is 2.28. The lowest BCUT2D eigenvalue weighted by Gasteiger charge is -2.36. The molecule has 0 aromatic rings. The molecule has 1 unspecified atom stereocenters. The summed E-state index contributed by atoms with van der Waals surface area (Å²) < 4.78 is 0. The Kier molecular flexibility index (Phi) is 3.35. The molecule has 1 atom stereocenters. The summed E-state index contributed by atoms with van der Waals surface area (Å²) in [6, 6.07) is 0. The third-order valence-corrected chi connectivity index (χ3v) is 3.69. The Morgan fingerprint density at radius 1 is 0.850 bits per heavy atom. The highest BCUT2D eigenvalue weighted by Crippen LogP contribution is 2.45. The molecule has 0 aromatic carbocycles. The van der Waals surface area contributed by atoms with Crippen LogP contribution in [0.1, 0.15) is 26.2 Å². The Morgan fingerprint density at radius 2 is 1.25 bits per heavy atom.